The summed E-state index contributed by atoms with van der Waals surface area (Å²) in [6.07, 6.45) is 5.16. The smallest absolute Gasteiger partial charge is 0.331 e. The van der Waals surface area contributed by atoms with Gasteiger partial charge in [0.15, 0.2) is 0 Å². The molecule has 0 amide bonds. The molecule has 0 radical (unpaired) electrons. The maximum Gasteiger partial charge on any atom is 0.331 e. The number of esters is 1. The number of ether oxygens (including phenoxy) is 2. The molecule has 0 aromatic rings. The number of carbonyl (C=O) groups is 1. The van der Waals surface area contributed by atoms with E-state index in [2.05, 4.69) is 13.0 Å². The molecule has 20 heavy (non-hydrogen) atoms. The van der Waals surface area contributed by atoms with Gasteiger partial charge in [0, 0.05) is 37.5 Å². The van der Waals surface area contributed by atoms with Crippen LogP contribution in [-0.2, 0) is 14.3 Å². The Hall–Kier alpha value is -1.13. The largest absolute Gasteiger partial charge is 0.454 e. The first-order valence-corrected chi connectivity index (χ1v) is 7.11. The molecule has 0 saturated heterocycles. The third-order valence-corrected chi connectivity index (χ3v) is 3.87. The second kappa shape index (κ2) is 7.60. The lowest BCUT2D eigenvalue weighted by atomic mass is 9.89. The molecule has 114 valence electrons. The van der Waals surface area contributed by atoms with Crippen molar-refractivity contribution in [3.8, 4) is 0 Å². The van der Waals surface area contributed by atoms with Crippen molar-refractivity contribution in [2.45, 2.75) is 39.9 Å². The quantitative estimate of drug-likeness (QED) is 0.600. The number of cyclic esters (lactones) is 1. The third kappa shape index (κ3) is 4.18. The van der Waals surface area contributed by atoms with Gasteiger partial charge in [-0.3, -0.25) is 0 Å². The number of hydrogen-bond acceptors (Lipinski definition) is 4. The summed E-state index contributed by atoms with van der Waals surface area (Å²) >= 11 is 0. The molecule has 0 aliphatic carbocycles. The van der Waals surface area contributed by atoms with E-state index in [1.165, 1.54) is 6.08 Å². The Morgan fingerprint density at radius 2 is 2.20 bits per heavy atom. The highest BCUT2D eigenvalue weighted by atomic mass is 16.5. The van der Waals surface area contributed by atoms with Crippen molar-refractivity contribution in [2.24, 2.45) is 17.8 Å². The van der Waals surface area contributed by atoms with Crippen molar-refractivity contribution < 1.29 is 19.4 Å². The monoisotopic (exact) mass is 282 g/mol. The number of aliphatic hydroxyl groups excluding tert-OH is 1. The van der Waals surface area contributed by atoms with Gasteiger partial charge < -0.3 is 14.6 Å². The van der Waals surface area contributed by atoms with Crippen LogP contribution < -0.4 is 0 Å². The number of carbonyl (C=O) groups excluding carboxylic acids is 1. The minimum Gasteiger partial charge on any atom is -0.454 e. The number of hydrogen-bond donors (Lipinski definition) is 1. The highest BCUT2D eigenvalue weighted by molar-refractivity contribution is 5.83. The van der Waals surface area contributed by atoms with Gasteiger partial charge in [-0.1, -0.05) is 32.9 Å². The minimum atomic E-state index is -0.291. The van der Waals surface area contributed by atoms with Gasteiger partial charge in [-0.2, -0.15) is 0 Å². The van der Waals surface area contributed by atoms with Crippen LogP contribution in [-0.4, -0.2) is 37.0 Å². The normalized spacial score (nSPS) is 27.9. The minimum absolute atomic E-state index is 0.0555. The number of methoxy groups -OCH3 is 1. The highest BCUT2D eigenvalue weighted by Crippen LogP contribution is 2.25. The van der Waals surface area contributed by atoms with Gasteiger partial charge in [-0.15, -0.1) is 0 Å². The van der Waals surface area contributed by atoms with Crippen molar-refractivity contribution in [2.75, 3.05) is 13.7 Å². The van der Waals surface area contributed by atoms with Crippen LogP contribution in [0.4, 0.5) is 0 Å². The van der Waals surface area contributed by atoms with Gasteiger partial charge in [-0.25, -0.2) is 4.79 Å². The molecule has 1 aliphatic heterocycles. The summed E-state index contributed by atoms with van der Waals surface area (Å²) < 4.78 is 10.9. The van der Waals surface area contributed by atoms with E-state index in [1.54, 1.807) is 7.11 Å². The average Bonchev–Trinajstić information content (AvgIpc) is 2.41. The maximum absolute atomic E-state index is 11.4. The standard InChI is InChI=1S/C16H26O4/c1-10-6-7-14(18)20-16(10)12(3)8-11(2)15(19-5)13(4)9-17/h6-8,10-11,13,15-17H,9H2,1-5H3/b12-8+. The van der Waals surface area contributed by atoms with Crippen LogP contribution in [0.1, 0.15) is 27.7 Å². The Labute approximate surface area is 121 Å². The maximum atomic E-state index is 11.4. The molecule has 5 atom stereocenters. The first-order valence-electron chi connectivity index (χ1n) is 7.11. The Morgan fingerprint density at radius 1 is 1.55 bits per heavy atom. The van der Waals surface area contributed by atoms with E-state index >= 15 is 0 Å². The van der Waals surface area contributed by atoms with Gasteiger partial charge >= 0.3 is 5.97 Å². The Bertz CT molecular complexity index is 386. The first kappa shape index (κ1) is 16.9. The average molecular weight is 282 g/mol. The fourth-order valence-electron chi connectivity index (χ4n) is 2.78. The van der Waals surface area contributed by atoms with Crippen molar-refractivity contribution in [1.29, 1.82) is 0 Å². The summed E-state index contributed by atoms with van der Waals surface area (Å²) in [5, 5.41) is 9.27. The van der Waals surface area contributed by atoms with E-state index in [9.17, 15) is 9.90 Å². The molecule has 0 saturated carbocycles. The molecule has 4 nitrogen and oxygen atoms in total. The Morgan fingerprint density at radius 3 is 2.75 bits per heavy atom. The van der Waals surface area contributed by atoms with Crippen LogP contribution in [0, 0.1) is 17.8 Å². The molecule has 1 aliphatic rings. The summed E-state index contributed by atoms with van der Waals surface area (Å²) in [5.74, 6) is 0.0807. The van der Waals surface area contributed by atoms with Gasteiger partial charge in [0.05, 0.1) is 6.10 Å². The molecule has 0 fully saturated rings. The van der Waals surface area contributed by atoms with Crippen molar-refractivity contribution >= 4 is 5.97 Å². The SMILES string of the molecule is COC(C(C)/C=C(\C)C1OC(=O)C=CC1C)C(C)CO. The predicted molar refractivity (Wildman–Crippen MR) is 78.2 cm³/mol. The zero-order valence-electron chi connectivity index (χ0n) is 13.0. The van der Waals surface area contributed by atoms with Crippen molar-refractivity contribution in [1.82, 2.24) is 0 Å². The van der Waals surface area contributed by atoms with Crippen LogP contribution >= 0.6 is 0 Å². The molecule has 0 aromatic heterocycles. The molecule has 1 N–H and O–H groups in total. The van der Waals surface area contributed by atoms with Crippen LogP contribution in [0.15, 0.2) is 23.8 Å². The zero-order chi connectivity index (χ0) is 15.3. The predicted octanol–water partition coefficient (Wildman–Crippen LogP) is 2.33. The summed E-state index contributed by atoms with van der Waals surface area (Å²) in [6.45, 7) is 8.10. The Balaban J connectivity index is 2.81. The Kier molecular flexibility index (Phi) is 6.43. The molecule has 0 bridgehead atoms. The molecule has 0 aromatic carbocycles. The van der Waals surface area contributed by atoms with E-state index in [0.717, 1.165) is 5.57 Å². The topological polar surface area (TPSA) is 55.8 Å². The number of rotatable bonds is 6. The molecule has 4 heteroatoms. The first-order chi connectivity index (χ1) is 9.40. The molecule has 5 unspecified atom stereocenters. The summed E-state index contributed by atoms with van der Waals surface area (Å²) in [5.41, 5.74) is 1.02. The number of aliphatic hydroxyl groups is 1. The molecule has 1 rings (SSSR count). The van der Waals surface area contributed by atoms with Crippen molar-refractivity contribution in [3.63, 3.8) is 0 Å². The lowest BCUT2D eigenvalue weighted by molar-refractivity contribution is -0.144. The molecule has 0 spiro atoms. The summed E-state index contributed by atoms with van der Waals surface area (Å²) in [4.78, 5) is 11.4. The second-order valence-corrected chi connectivity index (χ2v) is 5.71. The highest BCUT2D eigenvalue weighted by Gasteiger charge is 2.27. The molecule has 1 heterocycles. The van der Waals surface area contributed by atoms with E-state index in [4.69, 9.17) is 9.47 Å². The third-order valence-electron chi connectivity index (χ3n) is 3.87. The van der Waals surface area contributed by atoms with Crippen LogP contribution in [0.2, 0.25) is 0 Å². The zero-order valence-corrected chi connectivity index (χ0v) is 13.0. The van der Waals surface area contributed by atoms with Crippen LogP contribution in [0.5, 0.6) is 0 Å². The summed E-state index contributed by atoms with van der Waals surface area (Å²) in [7, 11) is 1.66. The van der Waals surface area contributed by atoms with E-state index in [1.807, 2.05) is 26.8 Å². The van der Waals surface area contributed by atoms with E-state index < -0.39 is 0 Å². The van der Waals surface area contributed by atoms with Gasteiger partial charge in [0.2, 0.25) is 0 Å². The van der Waals surface area contributed by atoms with Gasteiger partial charge in [0.25, 0.3) is 0 Å². The molecular formula is C16H26O4. The lowest BCUT2D eigenvalue weighted by Crippen LogP contribution is -2.31. The van der Waals surface area contributed by atoms with Gasteiger partial charge in [0.1, 0.15) is 6.10 Å². The van der Waals surface area contributed by atoms with Crippen LogP contribution in [0.3, 0.4) is 0 Å². The van der Waals surface area contributed by atoms with Crippen LogP contribution in [0.25, 0.3) is 0 Å². The molecular weight excluding hydrogens is 256 g/mol. The fourth-order valence-corrected chi connectivity index (χ4v) is 2.78. The van der Waals surface area contributed by atoms with Crippen molar-refractivity contribution in [3.05, 3.63) is 23.8 Å². The lowest BCUT2D eigenvalue weighted by Gasteiger charge is -2.29. The fraction of sp³-hybridized carbons (Fsp3) is 0.688. The summed E-state index contributed by atoms with van der Waals surface area (Å²) in [6, 6.07) is 0. The second-order valence-electron chi connectivity index (χ2n) is 5.71. The van der Waals surface area contributed by atoms with E-state index in [-0.39, 0.29) is 42.5 Å². The van der Waals surface area contributed by atoms with E-state index in [0.29, 0.717) is 0 Å². The van der Waals surface area contributed by atoms with Gasteiger partial charge in [-0.05, 0) is 12.5 Å².